The highest BCUT2D eigenvalue weighted by atomic mass is 16.4. The van der Waals surface area contributed by atoms with Crippen molar-refractivity contribution in [3.63, 3.8) is 0 Å². The fourth-order valence-electron chi connectivity index (χ4n) is 1.89. The van der Waals surface area contributed by atoms with Crippen molar-refractivity contribution in [1.82, 2.24) is 4.98 Å². The molecule has 0 saturated carbocycles. The van der Waals surface area contributed by atoms with Crippen LogP contribution >= 0.6 is 0 Å². The Labute approximate surface area is 76.4 Å². The van der Waals surface area contributed by atoms with Gasteiger partial charge in [-0.3, -0.25) is 4.98 Å². The molecule has 68 valence electrons. The summed E-state index contributed by atoms with van der Waals surface area (Å²) in [5.74, 6) is -0.875. The zero-order valence-corrected chi connectivity index (χ0v) is 7.50. The van der Waals surface area contributed by atoms with Gasteiger partial charge < -0.3 is 5.11 Å². The van der Waals surface area contributed by atoms with Crippen LogP contribution in [0.4, 0.5) is 0 Å². The maximum absolute atomic E-state index is 10.8. The Bertz CT molecular complexity index is 371. The third-order valence-electron chi connectivity index (χ3n) is 2.63. The van der Waals surface area contributed by atoms with E-state index in [9.17, 15) is 4.79 Å². The van der Waals surface area contributed by atoms with Gasteiger partial charge in [-0.1, -0.05) is 0 Å². The van der Waals surface area contributed by atoms with E-state index in [1.807, 2.05) is 6.92 Å². The molecule has 1 heterocycles. The standard InChI is InChI=1S/C10H11NO2/c1-6-7-3-2-4-9(7)11-5-8(6)10(12)13/h5H,2-4H2,1H3,(H,12,13). The summed E-state index contributed by atoms with van der Waals surface area (Å²) in [6.45, 7) is 1.87. The number of aromatic nitrogens is 1. The van der Waals surface area contributed by atoms with Gasteiger partial charge in [0.05, 0.1) is 5.56 Å². The molecule has 0 amide bonds. The van der Waals surface area contributed by atoms with Gasteiger partial charge in [-0.05, 0) is 37.3 Å². The minimum absolute atomic E-state index is 0.348. The van der Waals surface area contributed by atoms with Crippen LogP contribution in [0.25, 0.3) is 0 Å². The van der Waals surface area contributed by atoms with E-state index in [0.717, 1.165) is 36.1 Å². The first-order chi connectivity index (χ1) is 6.20. The third-order valence-corrected chi connectivity index (χ3v) is 2.63. The largest absolute Gasteiger partial charge is 0.478 e. The number of carbonyl (C=O) groups is 1. The minimum Gasteiger partial charge on any atom is -0.478 e. The van der Waals surface area contributed by atoms with Gasteiger partial charge in [0.25, 0.3) is 0 Å². The van der Waals surface area contributed by atoms with Crippen molar-refractivity contribution in [2.45, 2.75) is 26.2 Å². The summed E-state index contributed by atoms with van der Waals surface area (Å²) < 4.78 is 0. The summed E-state index contributed by atoms with van der Waals surface area (Å²) in [5, 5.41) is 8.86. The van der Waals surface area contributed by atoms with E-state index in [-0.39, 0.29) is 0 Å². The smallest absolute Gasteiger partial charge is 0.337 e. The van der Waals surface area contributed by atoms with E-state index in [2.05, 4.69) is 4.98 Å². The lowest BCUT2D eigenvalue weighted by molar-refractivity contribution is 0.0695. The number of aromatic carboxylic acids is 1. The SMILES string of the molecule is Cc1c(C(=O)O)cnc2c1CCC2. The van der Waals surface area contributed by atoms with Gasteiger partial charge in [-0.2, -0.15) is 0 Å². The number of fused-ring (bicyclic) bond motifs is 1. The van der Waals surface area contributed by atoms with Crippen molar-refractivity contribution in [2.24, 2.45) is 0 Å². The van der Waals surface area contributed by atoms with Gasteiger partial charge >= 0.3 is 5.97 Å². The Morgan fingerprint density at radius 1 is 1.54 bits per heavy atom. The van der Waals surface area contributed by atoms with E-state index in [1.165, 1.54) is 6.20 Å². The van der Waals surface area contributed by atoms with Gasteiger partial charge in [0, 0.05) is 11.9 Å². The Balaban J connectivity index is 2.59. The number of nitrogens with zero attached hydrogens (tertiary/aromatic N) is 1. The van der Waals surface area contributed by atoms with Gasteiger partial charge in [0.2, 0.25) is 0 Å². The molecule has 1 aliphatic carbocycles. The predicted molar refractivity (Wildman–Crippen MR) is 48.0 cm³/mol. The molecule has 0 radical (unpaired) electrons. The Morgan fingerprint density at radius 2 is 2.31 bits per heavy atom. The number of hydrogen-bond donors (Lipinski definition) is 1. The molecule has 0 spiro atoms. The number of rotatable bonds is 1. The summed E-state index contributed by atoms with van der Waals surface area (Å²) in [7, 11) is 0. The second-order valence-electron chi connectivity index (χ2n) is 3.38. The van der Waals surface area contributed by atoms with Gasteiger partial charge in [-0.15, -0.1) is 0 Å². The molecule has 3 nitrogen and oxygen atoms in total. The average molecular weight is 177 g/mol. The molecule has 3 heteroatoms. The number of carboxylic acids is 1. The van der Waals surface area contributed by atoms with Crippen molar-refractivity contribution >= 4 is 5.97 Å². The molecule has 1 aliphatic rings. The molecule has 0 atom stereocenters. The van der Waals surface area contributed by atoms with Crippen LogP contribution in [0.1, 0.15) is 33.6 Å². The molecule has 0 saturated heterocycles. The summed E-state index contributed by atoms with van der Waals surface area (Å²) in [6, 6.07) is 0. The highest BCUT2D eigenvalue weighted by Gasteiger charge is 2.18. The van der Waals surface area contributed by atoms with E-state index < -0.39 is 5.97 Å². The Kier molecular flexibility index (Phi) is 1.79. The van der Waals surface area contributed by atoms with Crippen molar-refractivity contribution in [3.05, 3.63) is 28.6 Å². The summed E-state index contributed by atoms with van der Waals surface area (Å²) in [6.07, 6.45) is 4.55. The number of aryl methyl sites for hydroxylation is 1. The van der Waals surface area contributed by atoms with Crippen LogP contribution in [0.3, 0.4) is 0 Å². The van der Waals surface area contributed by atoms with Crippen LogP contribution in [0.5, 0.6) is 0 Å². The van der Waals surface area contributed by atoms with Crippen LogP contribution in [0.15, 0.2) is 6.20 Å². The van der Waals surface area contributed by atoms with Crippen LogP contribution in [0, 0.1) is 6.92 Å². The normalized spacial score (nSPS) is 14.2. The number of carboxylic acid groups (broad SMARTS) is 1. The third kappa shape index (κ3) is 1.20. The summed E-state index contributed by atoms with van der Waals surface area (Å²) in [4.78, 5) is 14.9. The van der Waals surface area contributed by atoms with Crippen molar-refractivity contribution in [2.75, 3.05) is 0 Å². The molecular formula is C10H11NO2. The molecule has 1 N–H and O–H groups in total. The second-order valence-corrected chi connectivity index (χ2v) is 3.38. The van der Waals surface area contributed by atoms with Gasteiger partial charge in [0.1, 0.15) is 0 Å². The minimum atomic E-state index is -0.875. The number of pyridine rings is 1. The summed E-state index contributed by atoms with van der Waals surface area (Å²) >= 11 is 0. The summed E-state index contributed by atoms with van der Waals surface area (Å²) in [5.41, 5.74) is 3.48. The fourth-order valence-corrected chi connectivity index (χ4v) is 1.89. The first-order valence-electron chi connectivity index (χ1n) is 4.41. The molecule has 2 rings (SSSR count). The van der Waals surface area contributed by atoms with Crippen molar-refractivity contribution < 1.29 is 9.90 Å². The zero-order valence-electron chi connectivity index (χ0n) is 7.50. The second kappa shape index (κ2) is 2.83. The number of hydrogen-bond acceptors (Lipinski definition) is 2. The molecule has 0 unspecified atom stereocenters. The first kappa shape index (κ1) is 8.23. The molecule has 1 aromatic rings. The quantitative estimate of drug-likeness (QED) is 0.708. The lowest BCUT2D eigenvalue weighted by Gasteiger charge is -2.05. The lowest BCUT2D eigenvalue weighted by atomic mass is 10.0. The van der Waals surface area contributed by atoms with Crippen molar-refractivity contribution in [3.8, 4) is 0 Å². The monoisotopic (exact) mass is 177 g/mol. The van der Waals surface area contributed by atoms with Crippen LogP contribution in [-0.4, -0.2) is 16.1 Å². The van der Waals surface area contributed by atoms with Gasteiger partial charge in [-0.25, -0.2) is 4.79 Å². The van der Waals surface area contributed by atoms with E-state index in [0.29, 0.717) is 5.56 Å². The van der Waals surface area contributed by atoms with E-state index in [4.69, 9.17) is 5.11 Å². The van der Waals surface area contributed by atoms with E-state index in [1.54, 1.807) is 0 Å². The Morgan fingerprint density at radius 3 is 3.00 bits per heavy atom. The lowest BCUT2D eigenvalue weighted by Crippen LogP contribution is -2.04. The van der Waals surface area contributed by atoms with Crippen molar-refractivity contribution in [1.29, 1.82) is 0 Å². The highest BCUT2D eigenvalue weighted by molar-refractivity contribution is 5.89. The van der Waals surface area contributed by atoms with E-state index >= 15 is 0 Å². The molecule has 0 aromatic carbocycles. The molecular weight excluding hydrogens is 166 g/mol. The molecule has 0 fully saturated rings. The first-order valence-corrected chi connectivity index (χ1v) is 4.41. The maximum atomic E-state index is 10.8. The van der Waals surface area contributed by atoms with Crippen LogP contribution in [0.2, 0.25) is 0 Å². The Hall–Kier alpha value is -1.38. The van der Waals surface area contributed by atoms with Crippen LogP contribution in [-0.2, 0) is 12.8 Å². The maximum Gasteiger partial charge on any atom is 0.337 e. The predicted octanol–water partition coefficient (Wildman–Crippen LogP) is 1.58. The zero-order chi connectivity index (χ0) is 9.42. The molecule has 0 aliphatic heterocycles. The molecule has 1 aromatic heterocycles. The average Bonchev–Trinajstić information content (AvgIpc) is 2.52. The topological polar surface area (TPSA) is 50.2 Å². The molecule has 13 heavy (non-hydrogen) atoms. The highest BCUT2D eigenvalue weighted by Crippen LogP contribution is 2.24. The fraction of sp³-hybridized carbons (Fsp3) is 0.400. The van der Waals surface area contributed by atoms with Crippen LogP contribution < -0.4 is 0 Å². The molecule has 0 bridgehead atoms. The van der Waals surface area contributed by atoms with Gasteiger partial charge in [0.15, 0.2) is 0 Å².